The zero-order valence-corrected chi connectivity index (χ0v) is 19.4. The smallest absolute Gasteiger partial charge is 0.213 e. The lowest BCUT2D eigenvalue weighted by Gasteiger charge is -2.31. The van der Waals surface area contributed by atoms with E-state index in [9.17, 15) is 14.7 Å². The second-order valence-electron chi connectivity index (χ2n) is 8.58. The first kappa shape index (κ1) is 24.9. The monoisotopic (exact) mass is 421 g/mol. The van der Waals surface area contributed by atoms with Gasteiger partial charge in [0.2, 0.25) is 7.98 Å². The molecule has 2 rings (SSSR count). The Kier molecular flexibility index (Phi) is 9.51. The van der Waals surface area contributed by atoms with Gasteiger partial charge in [-0.3, -0.25) is 9.59 Å². The summed E-state index contributed by atoms with van der Waals surface area (Å²) in [7, 11) is 1.85. The van der Waals surface area contributed by atoms with Gasteiger partial charge in [-0.2, -0.15) is 0 Å². The van der Waals surface area contributed by atoms with E-state index in [0.29, 0.717) is 25.7 Å². The van der Waals surface area contributed by atoms with E-state index < -0.39 is 11.5 Å². The summed E-state index contributed by atoms with van der Waals surface area (Å²) in [5, 5.41) is 14.5. The Morgan fingerprint density at radius 1 is 1.06 bits per heavy atom. The van der Waals surface area contributed by atoms with Crippen molar-refractivity contribution in [3.05, 3.63) is 65.7 Å². The first-order valence-electron chi connectivity index (χ1n) is 11.4. The summed E-state index contributed by atoms with van der Waals surface area (Å²) in [5.41, 5.74) is 1.98. The minimum atomic E-state index is -1.10. The highest BCUT2D eigenvalue weighted by atomic mass is 16.3. The molecule has 0 bridgehead atoms. The van der Waals surface area contributed by atoms with Crippen LogP contribution in [0.15, 0.2) is 54.6 Å². The minimum absolute atomic E-state index is 0.0140. The molecule has 5 heteroatoms. The predicted molar refractivity (Wildman–Crippen MR) is 130 cm³/mol. The maximum absolute atomic E-state index is 13.4. The van der Waals surface area contributed by atoms with Gasteiger partial charge >= 0.3 is 0 Å². The van der Waals surface area contributed by atoms with Crippen molar-refractivity contribution in [3.63, 3.8) is 0 Å². The van der Waals surface area contributed by atoms with Crippen molar-refractivity contribution in [3.8, 4) is 0 Å². The zero-order valence-electron chi connectivity index (χ0n) is 19.4. The predicted octanol–water partition coefficient (Wildman–Crippen LogP) is 4.47. The SMILES string of the molecule is BNc1cccc([C@@H](CC)[C@H](C(C)=O)C(=O)C[C@@](O)(CCC)CCc2ccccc2)c1. The Bertz CT molecular complexity index is 855. The molecule has 0 radical (unpaired) electrons. The average molecular weight is 421 g/mol. The number of anilines is 1. The standard InChI is InChI=1S/C26H36BNO3/c1-4-15-26(31,16-14-20-10-7-6-8-11-20)18-24(30)25(19(3)29)23(5-2)21-12-9-13-22(17-21)28-27/h6-13,17,23,25,28,31H,4-5,14-16,18,27H2,1-3H3/t23-,25+,26-/m1/s1. The number of carbonyl (C=O) groups excluding carboxylic acids is 2. The summed E-state index contributed by atoms with van der Waals surface area (Å²) in [5.74, 6) is -1.22. The molecule has 0 saturated carbocycles. The molecular formula is C26H36BNO3. The molecule has 0 heterocycles. The van der Waals surface area contributed by atoms with Crippen molar-refractivity contribution in [1.29, 1.82) is 0 Å². The van der Waals surface area contributed by atoms with E-state index in [0.717, 1.165) is 23.2 Å². The van der Waals surface area contributed by atoms with Crippen LogP contribution < -0.4 is 5.23 Å². The number of aliphatic hydroxyl groups is 1. The molecule has 0 unspecified atom stereocenters. The van der Waals surface area contributed by atoms with Gasteiger partial charge in [-0.25, -0.2) is 0 Å². The number of ketones is 2. The van der Waals surface area contributed by atoms with Gasteiger partial charge in [0.05, 0.1) is 11.5 Å². The fourth-order valence-electron chi connectivity index (χ4n) is 4.55. The normalized spacial score (nSPS) is 15.0. The van der Waals surface area contributed by atoms with E-state index in [1.807, 2.05) is 76.4 Å². The lowest BCUT2D eigenvalue weighted by atomic mass is 9.75. The fraction of sp³-hybridized carbons (Fsp3) is 0.462. The molecule has 0 spiro atoms. The highest BCUT2D eigenvalue weighted by molar-refractivity contribution is 6.15. The quantitative estimate of drug-likeness (QED) is 0.370. The van der Waals surface area contributed by atoms with E-state index in [-0.39, 0.29) is 23.9 Å². The Labute approximate surface area is 187 Å². The first-order chi connectivity index (χ1) is 14.8. The Hall–Kier alpha value is -2.40. The molecule has 0 aliphatic carbocycles. The van der Waals surface area contributed by atoms with Crippen molar-refractivity contribution in [2.45, 2.75) is 70.8 Å². The molecule has 0 aliphatic heterocycles. The average Bonchev–Trinajstić information content (AvgIpc) is 2.76. The van der Waals surface area contributed by atoms with E-state index in [2.05, 4.69) is 5.23 Å². The van der Waals surface area contributed by atoms with Crippen LogP contribution in [-0.2, 0) is 16.0 Å². The van der Waals surface area contributed by atoms with Crippen molar-refractivity contribution in [2.24, 2.45) is 5.92 Å². The lowest BCUT2D eigenvalue weighted by molar-refractivity contribution is -0.136. The molecule has 4 nitrogen and oxygen atoms in total. The second kappa shape index (κ2) is 11.9. The summed E-state index contributed by atoms with van der Waals surface area (Å²) >= 11 is 0. The largest absolute Gasteiger partial charge is 0.434 e. The van der Waals surface area contributed by atoms with Crippen LogP contribution in [0.4, 0.5) is 5.69 Å². The lowest BCUT2D eigenvalue weighted by Crippen LogP contribution is -2.38. The number of carbonyl (C=O) groups is 2. The summed E-state index contributed by atoms with van der Waals surface area (Å²) in [4.78, 5) is 26.0. The molecule has 3 atom stereocenters. The molecule has 0 amide bonds. The maximum atomic E-state index is 13.4. The Balaban J connectivity index is 2.23. The third-order valence-electron chi connectivity index (χ3n) is 6.17. The number of Topliss-reactive ketones (excluding diaryl/α,β-unsaturated/α-hetero) is 2. The van der Waals surface area contributed by atoms with Crippen LogP contribution in [0.3, 0.4) is 0 Å². The highest BCUT2D eigenvalue weighted by Gasteiger charge is 2.37. The molecule has 31 heavy (non-hydrogen) atoms. The molecule has 0 saturated heterocycles. The van der Waals surface area contributed by atoms with Crippen LogP contribution >= 0.6 is 0 Å². The number of benzene rings is 2. The molecule has 2 aromatic rings. The van der Waals surface area contributed by atoms with Crippen LogP contribution in [0.5, 0.6) is 0 Å². The van der Waals surface area contributed by atoms with Gasteiger partial charge in [0, 0.05) is 18.0 Å². The van der Waals surface area contributed by atoms with E-state index in [1.165, 1.54) is 6.92 Å². The third-order valence-corrected chi connectivity index (χ3v) is 6.17. The number of nitrogens with one attached hydrogen (secondary N) is 1. The third kappa shape index (κ3) is 7.07. The molecular weight excluding hydrogens is 385 g/mol. The fourth-order valence-corrected chi connectivity index (χ4v) is 4.55. The number of aryl methyl sites for hydroxylation is 1. The number of hydrogen-bond donors (Lipinski definition) is 2. The first-order valence-corrected chi connectivity index (χ1v) is 11.4. The van der Waals surface area contributed by atoms with Crippen LogP contribution in [0, 0.1) is 5.92 Å². The van der Waals surface area contributed by atoms with Gasteiger partial charge in [-0.15, -0.1) is 0 Å². The van der Waals surface area contributed by atoms with Crippen molar-refractivity contribution in [1.82, 2.24) is 0 Å². The molecule has 0 aliphatic rings. The molecule has 2 aromatic carbocycles. The van der Waals surface area contributed by atoms with E-state index in [4.69, 9.17) is 0 Å². The van der Waals surface area contributed by atoms with Crippen molar-refractivity contribution >= 4 is 25.2 Å². The highest BCUT2D eigenvalue weighted by Crippen LogP contribution is 2.34. The van der Waals surface area contributed by atoms with Crippen molar-refractivity contribution < 1.29 is 14.7 Å². The van der Waals surface area contributed by atoms with E-state index >= 15 is 0 Å². The second-order valence-corrected chi connectivity index (χ2v) is 8.58. The van der Waals surface area contributed by atoms with Gasteiger partial charge in [0.1, 0.15) is 11.6 Å². The molecule has 2 N–H and O–H groups in total. The van der Waals surface area contributed by atoms with Crippen LogP contribution in [0.1, 0.15) is 69.9 Å². The van der Waals surface area contributed by atoms with Gasteiger partial charge < -0.3 is 10.3 Å². The summed E-state index contributed by atoms with van der Waals surface area (Å²) in [6.07, 6.45) is 3.23. The Morgan fingerprint density at radius 3 is 2.35 bits per heavy atom. The van der Waals surface area contributed by atoms with Gasteiger partial charge in [0.25, 0.3) is 0 Å². The van der Waals surface area contributed by atoms with E-state index in [1.54, 1.807) is 0 Å². The van der Waals surface area contributed by atoms with Crippen molar-refractivity contribution in [2.75, 3.05) is 5.23 Å². The molecule has 0 aromatic heterocycles. The van der Waals surface area contributed by atoms with Gasteiger partial charge in [0.15, 0.2) is 0 Å². The number of rotatable bonds is 13. The Morgan fingerprint density at radius 2 is 1.77 bits per heavy atom. The maximum Gasteiger partial charge on any atom is 0.213 e. The topological polar surface area (TPSA) is 66.4 Å². The number of hydrogen-bond acceptors (Lipinski definition) is 4. The summed E-state index contributed by atoms with van der Waals surface area (Å²) in [6, 6.07) is 17.9. The van der Waals surface area contributed by atoms with Crippen LogP contribution in [-0.4, -0.2) is 30.3 Å². The van der Waals surface area contributed by atoms with Crippen LogP contribution in [0.25, 0.3) is 0 Å². The summed E-state index contributed by atoms with van der Waals surface area (Å²) in [6.45, 7) is 5.52. The minimum Gasteiger partial charge on any atom is -0.434 e. The molecule has 166 valence electrons. The van der Waals surface area contributed by atoms with Crippen LogP contribution in [0.2, 0.25) is 0 Å². The van der Waals surface area contributed by atoms with Gasteiger partial charge in [-0.05, 0) is 55.9 Å². The molecule has 0 fully saturated rings. The zero-order chi connectivity index (χ0) is 22.9. The van der Waals surface area contributed by atoms with Gasteiger partial charge in [-0.1, -0.05) is 62.7 Å². The summed E-state index contributed by atoms with van der Waals surface area (Å²) < 4.78 is 0.